The zero-order chi connectivity index (χ0) is 9.97. The third kappa shape index (κ3) is 1.69. The summed E-state index contributed by atoms with van der Waals surface area (Å²) in [6.45, 7) is 1.38. The monoisotopic (exact) mass is 196 g/mol. The fourth-order valence-corrected chi connectivity index (χ4v) is 1.42. The Bertz CT molecular complexity index is 329. The first-order valence-electron chi connectivity index (χ1n) is 4.50. The number of hydrogen-bond donors (Lipinski definition) is 0. The van der Waals surface area contributed by atoms with Crippen molar-refractivity contribution in [3.8, 4) is 0 Å². The molecule has 0 N–H and O–H groups in total. The van der Waals surface area contributed by atoms with E-state index in [1.165, 1.54) is 0 Å². The first-order chi connectivity index (χ1) is 6.79. The number of Topliss-reactive ketones (excluding diaryl/α,β-unsaturated/α-hetero) is 1. The van der Waals surface area contributed by atoms with Gasteiger partial charge in [-0.15, -0.1) is 0 Å². The second-order valence-corrected chi connectivity index (χ2v) is 3.14. The number of rotatable bonds is 2. The Morgan fingerprint density at radius 1 is 1.64 bits per heavy atom. The molecule has 14 heavy (non-hydrogen) atoms. The van der Waals surface area contributed by atoms with Crippen molar-refractivity contribution in [1.82, 2.24) is 9.78 Å². The highest BCUT2D eigenvalue weighted by Gasteiger charge is 2.25. The molecule has 1 fully saturated rings. The Morgan fingerprint density at radius 2 is 2.50 bits per heavy atom. The molecule has 1 aliphatic heterocycles. The molecule has 1 aromatic rings. The summed E-state index contributed by atoms with van der Waals surface area (Å²) >= 11 is 0. The summed E-state index contributed by atoms with van der Waals surface area (Å²) in [5, 5.41) is 3.93. The van der Waals surface area contributed by atoms with Crippen LogP contribution in [-0.4, -0.2) is 41.5 Å². The molecule has 0 aromatic carbocycles. The first kappa shape index (κ1) is 9.36. The van der Waals surface area contributed by atoms with E-state index in [1.54, 1.807) is 24.0 Å². The van der Waals surface area contributed by atoms with Crippen LogP contribution in [-0.2, 0) is 16.5 Å². The standard InChI is InChI=1S/C9H12N2O3/c1-11-7(2-3-10-11)9(12)8-6-13-4-5-14-8/h2-3,8H,4-6H2,1H3. The lowest BCUT2D eigenvalue weighted by Gasteiger charge is -2.21. The lowest BCUT2D eigenvalue weighted by atomic mass is 10.1. The fraction of sp³-hybridized carbons (Fsp3) is 0.556. The summed E-state index contributed by atoms with van der Waals surface area (Å²) in [5.41, 5.74) is 0.556. The lowest BCUT2D eigenvalue weighted by Crippen LogP contribution is -2.36. The highest BCUT2D eigenvalue weighted by Crippen LogP contribution is 2.08. The van der Waals surface area contributed by atoms with Gasteiger partial charge in [-0.2, -0.15) is 5.10 Å². The number of aryl methyl sites for hydroxylation is 1. The molecule has 0 amide bonds. The van der Waals surface area contributed by atoms with Crippen LogP contribution in [0, 0.1) is 0 Å². The number of nitrogens with zero attached hydrogens (tertiary/aromatic N) is 2. The van der Waals surface area contributed by atoms with Crippen LogP contribution in [0.1, 0.15) is 10.5 Å². The van der Waals surface area contributed by atoms with Crippen molar-refractivity contribution in [3.05, 3.63) is 18.0 Å². The number of carbonyl (C=O) groups is 1. The van der Waals surface area contributed by atoms with E-state index in [0.29, 0.717) is 25.5 Å². The average molecular weight is 196 g/mol. The van der Waals surface area contributed by atoms with E-state index in [2.05, 4.69) is 5.10 Å². The molecule has 5 nitrogen and oxygen atoms in total. The SMILES string of the molecule is Cn1nccc1C(=O)C1COCCO1. The third-order valence-corrected chi connectivity index (χ3v) is 2.18. The molecule has 1 unspecified atom stereocenters. The summed E-state index contributed by atoms with van der Waals surface area (Å²) in [6.07, 6.45) is 1.12. The summed E-state index contributed by atoms with van der Waals surface area (Å²) in [4.78, 5) is 11.8. The number of hydrogen-bond acceptors (Lipinski definition) is 4. The molecular weight excluding hydrogens is 184 g/mol. The Labute approximate surface area is 81.6 Å². The lowest BCUT2D eigenvalue weighted by molar-refractivity contribution is -0.0721. The van der Waals surface area contributed by atoms with Gasteiger partial charge in [0.1, 0.15) is 11.8 Å². The third-order valence-electron chi connectivity index (χ3n) is 2.18. The van der Waals surface area contributed by atoms with Gasteiger partial charge in [-0.3, -0.25) is 9.48 Å². The minimum absolute atomic E-state index is 0.0651. The van der Waals surface area contributed by atoms with Gasteiger partial charge in [-0.1, -0.05) is 0 Å². The van der Waals surface area contributed by atoms with Gasteiger partial charge in [0.25, 0.3) is 0 Å². The maximum absolute atomic E-state index is 11.8. The van der Waals surface area contributed by atoms with Crippen molar-refractivity contribution in [1.29, 1.82) is 0 Å². The van der Waals surface area contributed by atoms with Gasteiger partial charge in [0, 0.05) is 13.2 Å². The molecule has 1 atom stereocenters. The Morgan fingerprint density at radius 3 is 3.07 bits per heavy atom. The molecule has 2 heterocycles. The van der Waals surface area contributed by atoms with E-state index in [-0.39, 0.29) is 5.78 Å². The number of ether oxygens (including phenoxy) is 2. The van der Waals surface area contributed by atoms with Crippen LogP contribution in [0.15, 0.2) is 12.3 Å². The predicted molar refractivity (Wildman–Crippen MR) is 48.1 cm³/mol. The number of aromatic nitrogens is 2. The van der Waals surface area contributed by atoms with Crippen molar-refractivity contribution in [2.75, 3.05) is 19.8 Å². The second-order valence-electron chi connectivity index (χ2n) is 3.14. The Kier molecular flexibility index (Phi) is 2.60. The van der Waals surface area contributed by atoms with Gasteiger partial charge in [-0.25, -0.2) is 0 Å². The largest absolute Gasteiger partial charge is 0.376 e. The van der Waals surface area contributed by atoms with Crippen LogP contribution >= 0.6 is 0 Å². The van der Waals surface area contributed by atoms with E-state index in [4.69, 9.17) is 9.47 Å². The van der Waals surface area contributed by atoms with Crippen LogP contribution in [0.4, 0.5) is 0 Å². The van der Waals surface area contributed by atoms with Gasteiger partial charge in [0.15, 0.2) is 0 Å². The molecule has 76 valence electrons. The zero-order valence-electron chi connectivity index (χ0n) is 7.97. The molecule has 2 rings (SSSR count). The Balaban J connectivity index is 2.11. The van der Waals surface area contributed by atoms with Gasteiger partial charge in [-0.05, 0) is 6.07 Å². The van der Waals surface area contributed by atoms with Crippen molar-refractivity contribution in [2.45, 2.75) is 6.10 Å². The summed E-state index contributed by atoms with van der Waals surface area (Å²) in [5.74, 6) is -0.0651. The van der Waals surface area contributed by atoms with Gasteiger partial charge >= 0.3 is 0 Å². The smallest absolute Gasteiger partial charge is 0.211 e. The van der Waals surface area contributed by atoms with Crippen LogP contribution in [0.5, 0.6) is 0 Å². The maximum atomic E-state index is 11.8. The van der Waals surface area contributed by atoms with E-state index < -0.39 is 6.10 Å². The van der Waals surface area contributed by atoms with E-state index in [0.717, 1.165) is 0 Å². The predicted octanol–water partition coefficient (Wildman–Crippen LogP) is 0.0182. The molecule has 0 saturated carbocycles. The van der Waals surface area contributed by atoms with Gasteiger partial charge in [0.2, 0.25) is 5.78 Å². The number of ketones is 1. The zero-order valence-corrected chi connectivity index (χ0v) is 7.97. The van der Waals surface area contributed by atoms with E-state index >= 15 is 0 Å². The first-order valence-corrected chi connectivity index (χ1v) is 4.50. The van der Waals surface area contributed by atoms with Gasteiger partial charge < -0.3 is 9.47 Å². The van der Waals surface area contributed by atoms with Crippen molar-refractivity contribution in [2.24, 2.45) is 7.05 Å². The van der Waals surface area contributed by atoms with Crippen LogP contribution in [0.3, 0.4) is 0 Å². The highest BCUT2D eigenvalue weighted by molar-refractivity contribution is 5.98. The van der Waals surface area contributed by atoms with Crippen molar-refractivity contribution >= 4 is 5.78 Å². The summed E-state index contributed by atoms with van der Waals surface area (Å²) in [6, 6.07) is 1.68. The molecule has 5 heteroatoms. The molecular formula is C9H12N2O3. The minimum Gasteiger partial charge on any atom is -0.376 e. The quantitative estimate of drug-likeness (QED) is 0.626. The van der Waals surface area contributed by atoms with Crippen molar-refractivity contribution < 1.29 is 14.3 Å². The number of carbonyl (C=O) groups excluding carboxylic acids is 1. The Hall–Kier alpha value is -1.20. The normalized spacial score (nSPS) is 22.2. The molecule has 0 radical (unpaired) electrons. The maximum Gasteiger partial charge on any atom is 0.211 e. The molecule has 1 aromatic heterocycles. The topological polar surface area (TPSA) is 53.4 Å². The van der Waals surface area contributed by atoms with E-state index in [1.807, 2.05) is 0 Å². The highest BCUT2D eigenvalue weighted by atomic mass is 16.6. The minimum atomic E-state index is -0.473. The molecule has 0 spiro atoms. The molecule has 0 bridgehead atoms. The molecule has 1 saturated heterocycles. The molecule has 0 aliphatic carbocycles. The average Bonchev–Trinajstić information content (AvgIpc) is 2.65. The van der Waals surface area contributed by atoms with Crippen LogP contribution < -0.4 is 0 Å². The molecule has 1 aliphatic rings. The van der Waals surface area contributed by atoms with Crippen molar-refractivity contribution in [3.63, 3.8) is 0 Å². The van der Waals surface area contributed by atoms with Crippen LogP contribution in [0.25, 0.3) is 0 Å². The van der Waals surface area contributed by atoms with E-state index in [9.17, 15) is 4.79 Å². The van der Waals surface area contributed by atoms with Gasteiger partial charge in [0.05, 0.1) is 19.8 Å². The summed E-state index contributed by atoms with van der Waals surface area (Å²) < 4.78 is 12.0. The van der Waals surface area contributed by atoms with Crippen LogP contribution in [0.2, 0.25) is 0 Å². The fourth-order valence-electron chi connectivity index (χ4n) is 1.42. The second kappa shape index (κ2) is 3.89. The summed E-state index contributed by atoms with van der Waals surface area (Å²) in [7, 11) is 1.73.